The lowest BCUT2D eigenvalue weighted by molar-refractivity contribution is -0.00327. The maximum Gasteiger partial charge on any atom is 0.161 e. The summed E-state index contributed by atoms with van der Waals surface area (Å²) in [5.74, 6) is 3.24. The van der Waals surface area contributed by atoms with Crippen LogP contribution in [0.3, 0.4) is 0 Å². The number of hydrogen-bond acceptors (Lipinski definition) is 14. The topological polar surface area (TPSA) is 55.4 Å². The van der Waals surface area contributed by atoms with Crippen molar-refractivity contribution in [2.24, 2.45) is 0 Å². The Morgan fingerprint density at radius 1 is 0.500 bits per heavy atom. The summed E-state index contributed by atoms with van der Waals surface area (Å²) >= 11 is 15.1. The summed E-state index contributed by atoms with van der Waals surface area (Å²) in [5.41, 5.74) is 0. The fourth-order valence-corrected chi connectivity index (χ4v) is 15.0. The summed E-state index contributed by atoms with van der Waals surface area (Å²) in [4.78, 5) is 0. The third-order valence-corrected chi connectivity index (χ3v) is 17.3. The monoisotopic (exact) mass is 748 g/mol. The van der Waals surface area contributed by atoms with Gasteiger partial charge in [-0.15, -0.1) is 47.0 Å². The van der Waals surface area contributed by atoms with E-state index in [-0.39, 0.29) is 0 Å². The average molecular weight is 749 g/mol. The van der Waals surface area contributed by atoms with Crippen molar-refractivity contribution in [2.75, 3.05) is 90.1 Å². The van der Waals surface area contributed by atoms with Gasteiger partial charge in [0.1, 0.15) is 6.61 Å². The summed E-state index contributed by atoms with van der Waals surface area (Å²) in [6.07, 6.45) is 4.33. The van der Waals surface area contributed by atoms with Crippen molar-refractivity contribution >= 4 is 105 Å². The highest BCUT2D eigenvalue weighted by Crippen LogP contribution is 2.65. The lowest BCUT2D eigenvalue weighted by Crippen LogP contribution is -2.14. The van der Waals surface area contributed by atoms with Gasteiger partial charge in [0.15, 0.2) is 11.5 Å². The Balaban J connectivity index is 1.25. The molecule has 3 aliphatic heterocycles. The van der Waals surface area contributed by atoms with Crippen LogP contribution in [0.1, 0.15) is 0 Å². The number of fused-ring (bicyclic) bond motifs is 2. The minimum atomic E-state index is 0.437. The Morgan fingerprint density at radius 2 is 0.932 bits per heavy atom. The molecule has 0 radical (unpaired) electrons. The number of ether oxygens (including phenoxy) is 6. The lowest BCUT2D eigenvalue weighted by atomic mass is 10.1. The van der Waals surface area contributed by atoms with Crippen LogP contribution in [-0.4, -0.2) is 90.1 Å². The molecule has 0 saturated heterocycles. The van der Waals surface area contributed by atoms with Crippen molar-refractivity contribution < 1.29 is 28.4 Å². The van der Waals surface area contributed by atoms with E-state index in [4.69, 9.17) is 28.4 Å². The molecule has 0 aromatic heterocycles. The van der Waals surface area contributed by atoms with Crippen molar-refractivity contribution in [1.82, 2.24) is 0 Å². The number of hydrogen-bond donors (Lipinski definition) is 0. The standard InChI is InChI=1S/C30H36O6S8/c1-37-25-26(38-2)42-29(41-25)30-43-27-28(44-30)40-18-16-36-24-20-22-6-4-3-5-21(22)19-23(24)35-14-13-33-10-9-31-7-8-32-11-12-34-15-17-39-27/h3-6,19-20H,7-18H2,1-2H3. The number of benzene rings is 2. The average Bonchev–Trinajstić information content (AvgIpc) is 3.66. The van der Waals surface area contributed by atoms with E-state index in [2.05, 4.69) is 36.8 Å². The van der Waals surface area contributed by atoms with Crippen molar-refractivity contribution in [2.45, 2.75) is 0 Å². The minimum absolute atomic E-state index is 0.437. The Bertz CT molecular complexity index is 1320. The van der Waals surface area contributed by atoms with Crippen LogP contribution < -0.4 is 9.47 Å². The van der Waals surface area contributed by atoms with Crippen LogP contribution in [0.25, 0.3) is 10.8 Å². The van der Waals surface area contributed by atoms with Crippen LogP contribution in [0, 0.1) is 0 Å². The summed E-state index contributed by atoms with van der Waals surface area (Å²) in [6.45, 7) is 5.46. The van der Waals surface area contributed by atoms with Gasteiger partial charge in [-0.2, -0.15) is 0 Å². The van der Waals surface area contributed by atoms with Crippen molar-refractivity contribution in [3.8, 4) is 11.5 Å². The minimum Gasteiger partial charge on any atom is -0.489 e. The molecule has 0 bridgehead atoms. The number of thioether (sulfide) groups is 8. The molecule has 0 spiro atoms. The molecule has 44 heavy (non-hydrogen) atoms. The van der Waals surface area contributed by atoms with Crippen molar-refractivity contribution in [3.05, 3.63) is 61.8 Å². The molecular weight excluding hydrogens is 713 g/mol. The van der Waals surface area contributed by atoms with Gasteiger partial charge in [0.2, 0.25) is 0 Å². The van der Waals surface area contributed by atoms with E-state index in [0.29, 0.717) is 66.1 Å². The van der Waals surface area contributed by atoms with Gasteiger partial charge in [-0.05, 0) is 35.4 Å². The maximum atomic E-state index is 6.35. The van der Waals surface area contributed by atoms with E-state index in [1.165, 1.54) is 25.4 Å². The summed E-state index contributed by atoms with van der Waals surface area (Å²) in [7, 11) is 0. The highest BCUT2D eigenvalue weighted by atomic mass is 32.3. The van der Waals surface area contributed by atoms with Crippen LogP contribution in [0.4, 0.5) is 0 Å². The van der Waals surface area contributed by atoms with Gasteiger partial charge in [-0.1, -0.05) is 71.3 Å². The Labute approximate surface area is 294 Å². The smallest absolute Gasteiger partial charge is 0.161 e. The fraction of sp³-hybridized carbons (Fsp3) is 0.467. The Kier molecular flexibility index (Phi) is 16.0. The first-order valence-corrected chi connectivity index (χ1v) is 21.8. The molecule has 0 unspecified atom stereocenters. The second-order valence-electron chi connectivity index (χ2n) is 9.03. The quantitative estimate of drug-likeness (QED) is 0.293. The van der Waals surface area contributed by atoms with E-state index < -0.39 is 0 Å². The van der Waals surface area contributed by atoms with Crippen LogP contribution in [0.15, 0.2) is 61.8 Å². The molecule has 5 rings (SSSR count). The zero-order valence-corrected chi connectivity index (χ0v) is 31.2. The van der Waals surface area contributed by atoms with Gasteiger partial charge < -0.3 is 28.4 Å². The molecule has 2 aromatic carbocycles. The number of rotatable bonds is 2. The predicted molar refractivity (Wildman–Crippen MR) is 202 cm³/mol. The molecule has 240 valence electrons. The molecule has 3 aliphatic rings. The fourth-order valence-electron chi connectivity index (χ4n) is 4.01. The SMILES string of the molecule is CSC1=C(SC)SC(=C2SC3=C(SCCOc4cc5ccccc5cc4OCCOCCOCCOCCOCCS3)S2)S1. The first kappa shape index (κ1) is 35.5. The molecule has 0 N–H and O–H groups in total. The van der Waals surface area contributed by atoms with E-state index >= 15 is 0 Å². The van der Waals surface area contributed by atoms with Crippen molar-refractivity contribution in [3.63, 3.8) is 0 Å². The van der Waals surface area contributed by atoms with Gasteiger partial charge in [0.05, 0.1) is 84.9 Å². The van der Waals surface area contributed by atoms with E-state index in [9.17, 15) is 0 Å². The second kappa shape index (κ2) is 19.9. The normalized spacial score (nSPS) is 21.0. The molecule has 0 saturated carbocycles. The zero-order valence-electron chi connectivity index (χ0n) is 24.7. The second-order valence-corrected chi connectivity index (χ2v) is 18.5. The molecule has 0 amide bonds. The van der Waals surface area contributed by atoms with Crippen LogP contribution >= 0.6 is 94.1 Å². The zero-order chi connectivity index (χ0) is 30.4. The highest BCUT2D eigenvalue weighted by molar-refractivity contribution is 8.45. The van der Waals surface area contributed by atoms with Gasteiger partial charge in [0.25, 0.3) is 0 Å². The van der Waals surface area contributed by atoms with E-state index in [1.807, 2.05) is 106 Å². The molecule has 0 aliphatic carbocycles. The molecule has 6 nitrogen and oxygen atoms in total. The third kappa shape index (κ3) is 10.8. The summed E-state index contributed by atoms with van der Waals surface area (Å²) in [5, 5.41) is 2.25. The Hall–Kier alpha value is 0.160. The van der Waals surface area contributed by atoms with Crippen LogP contribution in [-0.2, 0) is 18.9 Å². The van der Waals surface area contributed by atoms with Gasteiger partial charge in [0, 0.05) is 11.5 Å². The molecule has 0 atom stereocenters. The predicted octanol–water partition coefficient (Wildman–Crippen LogP) is 9.21. The van der Waals surface area contributed by atoms with Gasteiger partial charge >= 0.3 is 0 Å². The summed E-state index contributed by atoms with van der Waals surface area (Å²) < 4.78 is 43.6. The largest absolute Gasteiger partial charge is 0.489 e. The van der Waals surface area contributed by atoms with Crippen LogP contribution in [0.2, 0.25) is 0 Å². The first-order chi connectivity index (χ1) is 21.7. The maximum absolute atomic E-state index is 6.35. The van der Waals surface area contributed by atoms with Gasteiger partial charge in [-0.25, -0.2) is 0 Å². The third-order valence-electron chi connectivity index (χ3n) is 6.06. The molecule has 2 aromatic rings. The molecule has 0 fully saturated rings. The summed E-state index contributed by atoms with van der Waals surface area (Å²) in [6, 6.07) is 12.4. The Morgan fingerprint density at radius 3 is 1.45 bits per heavy atom. The highest BCUT2D eigenvalue weighted by Gasteiger charge is 2.30. The lowest BCUT2D eigenvalue weighted by Gasteiger charge is -2.15. The molecule has 14 heteroatoms. The van der Waals surface area contributed by atoms with Crippen molar-refractivity contribution in [1.29, 1.82) is 0 Å². The van der Waals surface area contributed by atoms with Gasteiger partial charge in [-0.3, -0.25) is 0 Å². The molecular formula is C30H36O6S8. The van der Waals surface area contributed by atoms with E-state index in [1.54, 1.807) is 0 Å². The molecule has 3 heterocycles. The van der Waals surface area contributed by atoms with Crippen LogP contribution in [0.5, 0.6) is 11.5 Å². The first-order valence-electron chi connectivity index (χ1n) is 14.1. The van der Waals surface area contributed by atoms with E-state index in [0.717, 1.165) is 33.8 Å².